The summed E-state index contributed by atoms with van der Waals surface area (Å²) in [7, 11) is 5.00. The van der Waals surface area contributed by atoms with E-state index < -0.39 is 0 Å². The predicted octanol–water partition coefficient (Wildman–Crippen LogP) is 2.25. The first-order chi connectivity index (χ1) is 8.88. The Hall–Kier alpha value is -1.43. The Morgan fingerprint density at radius 2 is 2.16 bits per heavy atom. The highest BCUT2D eigenvalue weighted by molar-refractivity contribution is 7.19. The number of rotatable bonds is 5. The second kappa shape index (κ2) is 4.92. The SMILES string of the molecule is COc1c(NCC2(C)CC2)sc(C(=O)N(C)C)c1N. The molecule has 1 aliphatic carbocycles. The molecule has 0 unspecified atom stereocenters. The third kappa shape index (κ3) is 2.78. The van der Waals surface area contributed by atoms with Crippen LogP contribution in [0.1, 0.15) is 29.4 Å². The van der Waals surface area contributed by atoms with Crippen molar-refractivity contribution in [3.8, 4) is 5.75 Å². The normalized spacial score (nSPS) is 16.0. The fourth-order valence-corrected chi connectivity index (χ4v) is 2.90. The molecule has 1 aromatic rings. The molecule has 0 aromatic carbocycles. The standard InChI is InChI=1S/C13H21N3O2S/c1-13(5-6-13)7-15-11-9(18-4)8(14)10(19-11)12(17)16(2)3/h15H,5-7,14H2,1-4H3. The first kappa shape index (κ1) is 14.0. The summed E-state index contributed by atoms with van der Waals surface area (Å²) < 4.78 is 5.32. The van der Waals surface area contributed by atoms with Gasteiger partial charge in [-0.15, -0.1) is 11.3 Å². The third-order valence-corrected chi connectivity index (χ3v) is 4.62. The van der Waals surface area contributed by atoms with Crippen LogP contribution in [0.15, 0.2) is 0 Å². The molecule has 3 N–H and O–H groups in total. The molecular formula is C13H21N3O2S. The highest BCUT2D eigenvalue weighted by Gasteiger charge is 2.37. The van der Waals surface area contributed by atoms with E-state index in [-0.39, 0.29) is 5.91 Å². The van der Waals surface area contributed by atoms with Crippen molar-refractivity contribution in [1.29, 1.82) is 0 Å². The molecule has 19 heavy (non-hydrogen) atoms. The quantitative estimate of drug-likeness (QED) is 0.869. The molecule has 0 radical (unpaired) electrons. The molecule has 106 valence electrons. The lowest BCUT2D eigenvalue weighted by atomic mass is 10.1. The van der Waals surface area contributed by atoms with Gasteiger partial charge in [0.25, 0.3) is 5.91 Å². The van der Waals surface area contributed by atoms with Gasteiger partial charge in [-0.1, -0.05) is 6.92 Å². The zero-order valence-electron chi connectivity index (χ0n) is 11.9. The minimum absolute atomic E-state index is 0.0912. The summed E-state index contributed by atoms with van der Waals surface area (Å²) in [6.07, 6.45) is 2.49. The summed E-state index contributed by atoms with van der Waals surface area (Å²) in [4.78, 5) is 14.1. The predicted molar refractivity (Wildman–Crippen MR) is 79.1 cm³/mol. The van der Waals surface area contributed by atoms with E-state index in [0.717, 1.165) is 11.5 Å². The van der Waals surface area contributed by atoms with Crippen LogP contribution >= 0.6 is 11.3 Å². The van der Waals surface area contributed by atoms with Gasteiger partial charge in [0.1, 0.15) is 15.6 Å². The van der Waals surface area contributed by atoms with Crippen molar-refractivity contribution in [3.63, 3.8) is 0 Å². The monoisotopic (exact) mass is 283 g/mol. The van der Waals surface area contributed by atoms with E-state index >= 15 is 0 Å². The Labute approximate surface area is 117 Å². The lowest BCUT2D eigenvalue weighted by molar-refractivity contribution is 0.0833. The van der Waals surface area contributed by atoms with E-state index in [2.05, 4.69) is 12.2 Å². The highest BCUT2D eigenvalue weighted by Crippen LogP contribution is 2.47. The Kier molecular flexibility index (Phi) is 3.62. The summed E-state index contributed by atoms with van der Waals surface area (Å²) in [6, 6.07) is 0. The van der Waals surface area contributed by atoms with Gasteiger partial charge in [-0.3, -0.25) is 4.79 Å². The van der Waals surface area contributed by atoms with Crippen LogP contribution in [0.4, 0.5) is 10.7 Å². The maximum absolute atomic E-state index is 12.0. The maximum atomic E-state index is 12.0. The zero-order valence-corrected chi connectivity index (χ0v) is 12.7. The van der Waals surface area contributed by atoms with Crippen molar-refractivity contribution >= 4 is 27.9 Å². The number of thiophene rings is 1. The van der Waals surface area contributed by atoms with Gasteiger partial charge >= 0.3 is 0 Å². The lowest BCUT2D eigenvalue weighted by Gasteiger charge is -2.11. The summed E-state index contributed by atoms with van der Waals surface area (Å²) >= 11 is 1.36. The zero-order chi connectivity index (χ0) is 14.2. The van der Waals surface area contributed by atoms with Gasteiger partial charge in [0.05, 0.1) is 7.11 Å². The summed E-state index contributed by atoms with van der Waals surface area (Å²) in [6.45, 7) is 3.13. The number of nitrogens with one attached hydrogen (secondary N) is 1. The molecule has 6 heteroatoms. The van der Waals surface area contributed by atoms with Gasteiger partial charge in [-0.25, -0.2) is 0 Å². The number of anilines is 2. The number of nitrogens with zero attached hydrogens (tertiary/aromatic N) is 1. The largest absolute Gasteiger partial charge is 0.492 e. The highest BCUT2D eigenvalue weighted by atomic mass is 32.1. The molecule has 1 saturated carbocycles. The first-order valence-corrected chi connectivity index (χ1v) is 7.11. The van der Waals surface area contributed by atoms with Crippen LogP contribution < -0.4 is 15.8 Å². The van der Waals surface area contributed by atoms with E-state index in [1.807, 2.05) is 0 Å². The van der Waals surface area contributed by atoms with Crippen LogP contribution in [0.5, 0.6) is 5.75 Å². The molecule has 1 fully saturated rings. The van der Waals surface area contributed by atoms with Gasteiger partial charge in [0.2, 0.25) is 0 Å². The van der Waals surface area contributed by atoms with Crippen molar-refractivity contribution in [2.75, 3.05) is 38.8 Å². The molecule has 1 aromatic heterocycles. The molecule has 0 aliphatic heterocycles. The molecule has 1 amide bonds. The summed E-state index contributed by atoms with van der Waals surface area (Å²) in [5.41, 5.74) is 6.82. The molecular weight excluding hydrogens is 262 g/mol. The molecule has 5 nitrogen and oxygen atoms in total. The Balaban J connectivity index is 2.22. The Morgan fingerprint density at radius 1 is 1.53 bits per heavy atom. The van der Waals surface area contributed by atoms with Gasteiger partial charge in [-0.05, 0) is 18.3 Å². The van der Waals surface area contributed by atoms with Crippen molar-refractivity contribution in [3.05, 3.63) is 4.88 Å². The van der Waals surface area contributed by atoms with Gasteiger partial charge in [-0.2, -0.15) is 0 Å². The molecule has 1 heterocycles. The number of hydrogen-bond donors (Lipinski definition) is 2. The number of amides is 1. The Morgan fingerprint density at radius 3 is 2.63 bits per heavy atom. The number of hydrogen-bond acceptors (Lipinski definition) is 5. The van der Waals surface area contributed by atoms with Gasteiger partial charge < -0.3 is 20.7 Å². The van der Waals surface area contributed by atoms with E-state index in [1.165, 1.54) is 29.1 Å². The molecule has 0 atom stereocenters. The lowest BCUT2D eigenvalue weighted by Crippen LogP contribution is -2.21. The number of ether oxygens (including phenoxy) is 1. The third-order valence-electron chi connectivity index (χ3n) is 3.48. The average Bonchev–Trinajstić information content (AvgIpc) is 3.00. The first-order valence-electron chi connectivity index (χ1n) is 6.30. The molecule has 0 spiro atoms. The maximum Gasteiger partial charge on any atom is 0.265 e. The van der Waals surface area contributed by atoms with Gasteiger partial charge in [0.15, 0.2) is 5.75 Å². The van der Waals surface area contributed by atoms with Crippen molar-refractivity contribution < 1.29 is 9.53 Å². The van der Waals surface area contributed by atoms with Crippen molar-refractivity contribution in [1.82, 2.24) is 4.90 Å². The van der Waals surface area contributed by atoms with E-state index in [1.54, 1.807) is 21.2 Å². The number of nitrogen functional groups attached to an aromatic ring is 1. The van der Waals surface area contributed by atoms with Crippen molar-refractivity contribution in [2.24, 2.45) is 5.41 Å². The smallest absolute Gasteiger partial charge is 0.265 e. The second-order valence-corrected chi connectivity index (χ2v) is 6.59. The number of nitrogens with two attached hydrogens (primary N) is 1. The molecule has 2 rings (SSSR count). The summed E-state index contributed by atoms with van der Waals surface area (Å²) in [5.74, 6) is 0.492. The summed E-state index contributed by atoms with van der Waals surface area (Å²) in [5, 5.41) is 4.21. The van der Waals surface area contributed by atoms with Crippen LogP contribution in [-0.4, -0.2) is 38.6 Å². The molecule has 0 bridgehead atoms. The number of carbonyl (C=O) groups is 1. The number of carbonyl (C=O) groups excluding carboxylic acids is 1. The van der Waals surface area contributed by atoms with Crippen LogP contribution in [0.3, 0.4) is 0 Å². The van der Waals surface area contributed by atoms with Crippen molar-refractivity contribution in [2.45, 2.75) is 19.8 Å². The van der Waals surface area contributed by atoms with Crippen LogP contribution in [0, 0.1) is 5.41 Å². The Bertz CT molecular complexity index is 492. The van der Waals surface area contributed by atoms with E-state index in [4.69, 9.17) is 10.5 Å². The topological polar surface area (TPSA) is 67.6 Å². The van der Waals surface area contributed by atoms with E-state index in [0.29, 0.717) is 21.7 Å². The molecule has 0 saturated heterocycles. The number of methoxy groups -OCH3 is 1. The van der Waals surface area contributed by atoms with E-state index in [9.17, 15) is 4.79 Å². The van der Waals surface area contributed by atoms with Gasteiger partial charge in [0, 0.05) is 20.6 Å². The molecule has 1 aliphatic rings. The fraction of sp³-hybridized carbons (Fsp3) is 0.615. The van der Waals surface area contributed by atoms with Crippen LogP contribution in [-0.2, 0) is 0 Å². The average molecular weight is 283 g/mol. The second-order valence-electron chi connectivity index (χ2n) is 5.57. The fourth-order valence-electron chi connectivity index (χ4n) is 1.79. The van der Waals surface area contributed by atoms with Crippen LogP contribution in [0.2, 0.25) is 0 Å². The van der Waals surface area contributed by atoms with Crippen LogP contribution in [0.25, 0.3) is 0 Å². The minimum Gasteiger partial charge on any atom is -0.492 e. The minimum atomic E-state index is -0.0912.